The van der Waals surface area contributed by atoms with E-state index < -0.39 is 53.5 Å². The van der Waals surface area contributed by atoms with Crippen LogP contribution in [0.4, 0.5) is 13.2 Å². The van der Waals surface area contributed by atoms with Gasteiger partial charge in [0.1, 0.15) is 29.0 Å². The molecule has 4 rings (SSSR count). The maximum Gasteiger partial charge on any atom is 0.490 e. The minimum absolute atomic E-state index is 0.00696. The minimum Gasteiger partial charge on any atom is -0.508 e. The van der Waals surface area contributed by atoms with Crippen LogP contribution < -0.4 is 5.43 Å². The molecule has 1 amide bonds. The van der Waals surface area contributed by atoms with E-state index in [4.69, 9.17) is 14.6 Å². The molecule has 1 unspecified atom stereocenters. The Morgan fingerprint density at radius 2 is 1.40 bits per heavy atom. The number of hydrogen-bond acceptors (Lipinski definition) is 9. The average molecular weight is 641 g/mol. The van der Waals surface area contributed by atoms with E-state index in [1.54, 1.807) is 5.01 Å². The highest BCUT2D eigenvalue weighted by Gasteiger charge is 2.39. The Bertz CT molecular complexity index is 1340. The summed E-state index contributed by atoms with van der Waals surface area (Å²) < 4.78 is 37.8. The van der Waals surface area contributed by atoms with Gasteiger partial charge in [-0.25, -0.2) is 4.79 Å². The summed E-state index contributed by atoms with van der Waals surface area (Å²) in [6.45, 7) is 0.581. The molecule has 12 nitrogen and oxygen atoms in total. The van der Waals surface area contributed by atoms with Crippen molar-refractivity contribution in [1.29, 1.82) is 0 Å². The van der Waals surface area contributed by atoms with Crippen LogP contribution >= 0.6 is 0 Å². The molecule has 0 bridgehead atoms. The maximum absolute atomic E-state index is 13.1. The molecule has 1 heterocycles. The lowest BCUT2D eigenvalue weighted by molar-refractivity contribution is -0.192. The number of alkyl halides is 3. The summed E-state index contributed by atoms with van der Waals surface area (Å²) >= 11 is 0. The first-order chi connectivity index (χ1) is 21.2. The maximum atomic E-state index is 13.1. The summed E-state index contributed by atoms with van der Waals surface area (Å²) in [5.74, 6) is -7.09. The zero-order chi connectivity index (χ0) is 33.3. The number of benzene rings is 2. The number of amides is 1. The smallest absolute Gasteiger partial charge is 0.490 e. The molecule has 2 aliphatic rings. The van der Waals surface area contributed by atoms with E-state index in [9.17, 15) is 48.0 Å². The van der Waals surface area contributed by atoms with Crippen LogP contribution in [0.5, 0.6) is 17.2 Å². The number of hydrazine groups is 1. The number of nitrogens with one attached hydrogen (secondary N) is 1. The van der Waals surface area contributed by atoms with Crippen molar-refractivity contribution in [3.63, 3.8) is 0 Å². The Hall–Kier alpha value is -4.37. The Kier molecular flexibility index (Phi) is 12.1. The number of hydrogen-bond donors (Lipinski definition) is 6. The average Bonchev–Trinajstić information content (AvgIpc) is 3.20. The third kappa shape index (κ3) is 9.81. The summed E-state index contributed by atoms with van der Waals surface area (Å²) in [5, 5.41) is 49.1. The van der Waals surface area contributed by atoms with Gasteiger partial charge in [0, 0.05) is 18.0 Å². The predicted molar refractivity (Wildman–Crippen MR) is 150 cm³/mol. The molecule has 0 spiro atoms. The van der Waals surface area contributed by atoms with Gasteiger partial charge in [-0.05, 0) is 74.1 Å². The number of carboxylic acid groups (broad SMARTS) is 2. The third-order valence-corrected chi connectivity index (χ3v) is 7.58. The van der Waals surface area contributed by atoms with E-state index in [0.717, 1.165) is 32.1 Å². The predicted octanol–water partition coefficient (Wildman–Crippen LogP) is 4.57. The Morgan fingerprint density at radius 3 is 1.96 bits per heavy atom. The Balaban J connectivity index is 0.000000707. The normalized spacial score (nSPS) is 20.6. The van der Waals surface area contributed by atoms with Crippen LogP contribution in [0.15, 0.2) is 36.4 Å². The van der Waals surface area contributed by atoms with Crippen LogP contribution in [-0.2, 0) is 20.9 Å². The van der Waals surface area contributed by atoms with Crippen molar-refractivity contribution < 1.29 is 62.6 Å². The summed E-state index contributed by atoms with van der Waals surface area (Å²) in [5.41, 5.74) is 3.44. The number of ketones is 1. The van der Waals surface area contributed by atoms with Gasteiger partial charge in [0.2, 0.25) is 0 Å². The van der Waals surface area contributed by atoms with E-state index in [2.05, 4.69) is 5.43 Å². The van der Waals surface area contributed by atoms with Gasteiger partial charge in [0.05, 0.1) is 12.5 Å². The molecule has 1 saturated carbocycles. The SMILES string of the molecule is O=C(NN1CCCCCC1OCc1cc(O)c(C(=O)[C@@H]2CCCC[C@H]2C(=O)O)c(O)c1)c1ccc(O)cc1.O=C(O)C(F)(F)F. The summed E-state index contributed by atoms with van der Waals surface area (Å²) in [6.07, 6.45) is 0.0805. The molecule has 2 aromatic rings. The van der Waals surface area contributed by atoms with Crippen molar-refractivity contribution in [2.75, 3.05) is 6.54 Å². The van der Waals surface area contributed by atoms with Crippen LogP contribution in [0, 0.1) is 11.8 Å². The molecular formula is C30H35F3N2O10. The quantitative estimate of drug-likeness (QED) is 0.221. The third-order valence-electron chi connectivity index (χ3n) is 7.58. The number of carboxylic acids is 2. The lowest BCUT2D eigenvalue weighted by atomic mass is 9.75. The van der Waals surface area contributed by atoms with Crippen molar-refractivity contribution in [2.45, 2.75) is 70.4 Å². The fourth-order valence-corrected chi connectivity index (χ4v) is 5.31. The molecule has 0 aromatic heterocycles. The van der Waals surface area contributed by atoms with Crippen LogP contribution in [0.25, 0.3) is 0 Å². The molecule has 0 radical (unpaired) electrons. The highest BCUT2D eigenvalue weighted by molar-refractivity contribution is 6.04. The molecule has 1 saturated heterocycles. The molecular weight excluding hydrogens is 605 g/mol. The second-order valence-electron chi connectivity index (χ2n) is 10.8. The number of phenolic OH excluding ortho intramolecular Hbond substituents is 3. The zero-order valence-corrected chi connectivity index (χ0v) is 24.1. The number of halogens is 3. The first kappa shape index (κ1) is 35.1. The molecule has 1 aliphatic heterocycles. The number of nitrogens with zero attached hydrogens (tertiary/aromatic N) is 1. The molecule has 3 atom stereocenters. The number of aromatic hydroxyl groups is 3. The first-order valence-corrected chi connectivity index (χ1v) is 14.3. The van der Waals surface area contributed by atoms with E-state index in [1.165, 1.54) is 36.4 Å². The second kappa shape index (κ2) is 15.6. The van der Waals surface area contributed by atoms with Gasteiger partial charge >= 0.3 is 18.1 Å². The number of phenols is 3. The van der Waals surface area contributed by atoms with Crippen LogP contribution in [0.3, 0.4) is 0 Å². The largest absolute Gasteiger partial charge is 0.508 e. The van der Waals surface area contributed by atoms with Crippen molar-refractivity contribution in [3.05, 3.63) is 53.1 Å². The molecule has 2 fully saturated rings. The number of rotatable bonds is 8. The summed E-state index contributed by atoms with van der Waals surface area (Å²) in [7, 11) is 0. The van der Waals surface area contributed by atoms with Crippen molar-refractivity contribution >= 4 is 23.6 Å². The standard InChI is InChI=1S/C28H34N2O8.C2HF3O2/c31-19-11-9-18(10-12-19)27(35)29-30-13-5-1-2-8-24(30)38-16-17-14-22(32)25(23(33)15-17)26(34)20-6-3-4-7-21(20)28(36)37;3-2(4,5)1(6)7/h9-12,14-15,20-21,24,31-33H,1-8,13,16H2,(H,29,35)(H,36,37);(H,6,7)/t20-,21-,24?;/m1./s1. The minimum atomic E-state index is -5.08. The van der Waals surface area contributed by atoms with Gasteiger partial charge < -0.3 is 30.3 Å². The second-order valence-corrected chi connectivity index (χ2v) is 10.8. The zero-order valence-electron chi connectivity index (χ0n) is 24.1. The molecule has 15 heteroatoms. The first-order valence-electron chi connectivity index (χ1n) is 14.3. The monoisotopic (exact) mass is 640 g/mol. The number of Topliss-reactive ketones (excluding diaryl/α,β-unsaturated/α-hetero) is 1. The van der Waals surface area contributed by atoms with Crippen molar-refractivity contribution in [3.8, 4) is 17.2 Å². The van der Waals surface area contributed by atoms with Gasteiger partial charge in [0.25, 0.3) is 5.91 Å². The highest BCUT2D eigenvalue weighted by atomic mass is 19.4. The Labute approximate surface area is 256 Å². The van der Waals surface area contributed by atoms with Crippen LogP contribution in [0.2, 0.25) is 0 Å². The van der Waals surface area contributed by atoms with Crippen molar-refractivity contribution in [2.24, 2.45) is 11.8 Å². The van der Waals surface area contributed by atoms with Crippen LogP contribution in [-0.4, -0.2) is 73.1 Å². The topological polar surface area (TPSA) is 194 Å². The van der Waals surface area contributed by atoms with E-state index >= 15 is 0 Å². The molecule has 6 N–H and O–H groups in total. The van der Waals surface area contributed by atoms with Gasteiger partial charge in [-0.3, -0.25) is 19.8 Å². The molecule has 1 aliphatic carbocycles. The van der Waals surface area contributed by atoms with Crippen molar-refractivity contribution in [1.82, 2.24) is 10.4 Å². The fourth-order valence-electron chi connectivity index (χ4n) is 5.31. The number of aliphatic carboxylic acids is 2. The Morgan fingerprint density at radius 1 is 0.844 bits per heavy atom. The van der Waals surface area contributed by atoms with Gasteiger partial charge in [-0.1, -0.05) is 19.3 Å². The fraction of sp³-hybridized carbons (Fsp3) is 0.467. The molecule has 45 heavy (non-hydrogen) atoms. The van der Waals surface area contributed by atoms with E-state index in [0.29, 0.717) is 36.9 Å². The molecule has 2 aromatic carbocycles. The number of carbonyl (C=O) groups excluding carboxylic acids is 2. The van der Waals surface area contributed by atoms with Gasteiger partial charge in [-0.2, -0.15) is 18.2 Å². The van der Waals surface area contributed by atoms with Crippen LogP contribution in [0.1, 0.15) is 77.6 Å². The lowest BCUT2D eigenvalue weighted by Gasteiger charge is -2.30. The number of carbonyl (C=O) groups is 4. The van der Waals surface area contributed by atoms with Gasteiger partial charge in [-0.15, -0.1) is 0 Å². The van der Waals surface area contributed by atoms with E-state index in [-0.39, 0.29) is 23.8 Å². The lowest BCUT2D eigenvalue weighted by Crippen LogP contribution is -2.49. The summed E-state index contributed by atoms with van der Waals surface area (Å²) in [6, 6.07) is 8.63. The molecule has 246 valence electrons. The van der Waals surface area contributed by atoms with E-state index in [1.807, 2.05) is 0 Å². The van der Waals surface area contributed by atoms with Gasteiger partial charge in [0.15, 0.2) is 5.78 Å². The number of ether oxygens (including phenoxy) is 1. The highest BCUT2D eigenvalue weighted by Crippen LogP contribution is 2.38. The summed E-state index contributed by atoms with van der Waals surface area (Å²) in [4.78, 5) is 46.4.